The van der Waals surface area contributed by atoms with Crippen LogP contribution in [0.1, 0.15) is 11.3 Å². The Kier molecular flexibility index (Phi) is 2.17. The highest BCUT2D eigenvalue weighted by atomic mass is 19.4. The van der Waals surface area contributed by atoms with Crippen molar-refractivity contribution in [1.82, 2.24) is 5.16 Å². The Bertz CT molecular complexity index is 388. The molecule has 1 aromatic rings. The average Bonchev–Trinajstić information content (AvgIpc) is 2.30. The second-order valence-electron chi connectivity index (χ2n) is 2.56. The number of hydrogen-bond acceptors (Lipinski definition) is 2. The molecular weight excluding hydrogens is 213 g/mol. The molecule has 1 N–H and O–H groups in total. The lowest BCUT2D eigenvalue weighted by Gasteiger charge is -2.17. The second-order valence-corrected chi connectivity index (χ2v) is 2.56. The molecule has 0 bridgehead atoms. The average molecular weight is 217 g/mol. The van der Waals surface area contributed by atoms with E-state index in [4.69, 9.17) is 0 Å². The molecule has 14 heavy (non-hydrogen) atoms. The second kappa shape index (κ2) is 2.82. The largest absolute Gasteiger partial charge is 0.459 e. The first-order valence-electron chi connectivity index (χ1n) is 3.31. The van der Waals surface area contributed by atoms with Crippen LogP contribution in [-0.4, -0.2) is 11.3 Å². The summed E-state index contributed by atoms with van der Waals surface area (Å²) in [5.74, 6) is -5.11. The zero-order valence-electron chi connectivity index (χ0n) is 6.71. The summed E-state index contributed by atoms with van der Waals surface area (Å²) in [7, 11) is 0. The van der Waals surface area contributed by atoms with Gasteiger partial charge in [0.05, 0.1) is 5.56 Å². The van der Waals surface area contributed by atoms with E-state index < -0.39 is 29.0 Å². The van der Waals surface area contributed by atoms with E-state index in [0.717, 1.165) is 6.92 Å². The molecule has 0 spiro atoms. The minimum absolute atomic E-state index is 0.785. The van der Waals surface area contributed by atoms with Crippen molar-refractivity contribution in [2.45, 2.75) is 19.0 Å². The highest BCUT2D eigenvalue weighted by molar-refractivity contribution is 5.19. The van der Waals surface area contributed by atoms with Gasteiger partial charge >= 0.3 is 17.7 Å². The van der Waals surface area contributed by atoms with Gasteiger partial charge in [-0.05, 0) is 6.92 Å². The van der Waals surface area contributed by atoms with Crippen LogP contribution in [0.3, 0.4) is 0 Å². The third kappa shape index (κ3) is 1.40. The lowest BCUT2D eigenvalue weighted by molar-refractivity contribution is -0.291. The minimum atomic E-state index is -5.76. The number of hydrogen-bond donors (Lipinski definition) is 1. The molecule has 0 saturated carbocycles. The van der Waals surface area contributed by atoms with Gasteiger partial charge in [0, 0.05) is 0 Å². The molecule has 0 unspecified atom stereocenters. The molecule has 0 saturated heterocycles. The molecule has 0 aliphatic carbocycles. The molecule has 80 valence electrons. The molecule has 0 amide bonds. The molecule has 1 rings (SSSR count). The van der Waals surface area contributed by atoms with Gasteiger partial charge in [0.2, 0.25) is 0 Å². The van der Waals surface area contributed by atoms with Gasteiger partial charge in [-0.3, -0.25) is 0 Å². The van der Waals surface area contributed by atoms with Crippen LogP contribution in [0.5, 0.6) is 0 Å². The van der Waals surface area contributed by atoms with Crippen molar-refractivity contribution in [2.24, 2.45) is 0 Å². The highest BCUT2D eigenvalue weighted by Crippen LogP contribution is 2.43. The van der Waals surface area contributed by atoms with Crippen molar-refractivity contribution in [3.05, 3.63) is 21.7 Å². The summed E-state index contributed by atoms with van der Waals surface area (Å²) in [6, 6.07) is 0. The zero-order chi connectivity index (χ0) is 11.1. The van der Waals surface area contributed by atoms with Crippen molar-refractivity contribution >= 4 is 0 Å². The van der Waals surface area contributed by atoms with Crippen LogP contribution >= 0.6 is 0 Å². The first-order chi connectivity index (χ1) is 6.18. The van der Waals surface area contributed by atoms with E-state index in [9.17, 15) is 26.7 Å². The predicted molar refractivity (Wildman–Crippen MR) is 34.0 cm³/mol. The van der Waals surface area contributed by atoms with Gasteiger partial charge in [0.25, 0.3) is 0 Å². The first kappa shape index (κ1) is 10.7. The van der Waals surface area contributed by atoms with Crippen LogP contribution in [0.25, 0.3) is 0 Å². The third-order valence-electron chi connectivity index (χ3n) is 1.60. The summed E-state index contributed by atoms with van der Waals surface area (Å²) < 4.78 is 64.4. The smallest absolute Gasteiger partial charge is 0.338 e. The van der Waals surface area contributed by atoms with Gasteiger partial charge in [-0.1, -0.05) is 0 Å². The van der Waals surface area contributed by atoms with Crippen LogP contribution in [0, 0.1) is 6.92 Å². The molecule has 0 atom stereocenters. The van der Waals surface area contributed by atoms with Gasteiger partial charge in [-0.2, -0.15) is 22.0 Å². The molecule has 0 aliphatic rings. The van der Waals surface area contributed by atoms with Gasteiger partial charge in [-0.25, -0.2) is 9.95 Å². The van der Waals surface area contributed by atoms with Crippen molar-refractivity contribution in [2.75, 3.05) is 0 Å². The Hall–Kier alpha value is -1.34. The maximum absolute atomic E-state index is 12.6. The maximum Gasteiger partial charge on any atom is 0.459 e. The van der Waals surface area contributed by atoms with E-state index in [1.54, 1.807) is 0 Å². The van der Waals surface area contributed by atoms with Crippen molar-refractivity contribution in [1.29, 1.82) is 0 Å². The lowest BCUT2D eigenvalue weighted by Crippen LogP contribution is -2.34. The number of alkyl halides is 5. The Morgan fingerprint density at radius 2 is 1.71 bits per heavy atom. The van der Waals surface area contributed by atoms with E-state index in [0.29, 0.717) is 0 Å². The number of H-pyrrole nitrogens is 1. The van der Waals surface area contributed by atoms with Crippen LogP contribution < -0.4 is 5.63 Å². The highest BCUT2D eigenvalue weighted by Gasteiger charge is 2.61. The van der Waals surface area contributed by atoms with E-state index in [2.05, 4.69) is 4.52 Å². The lowest BCUT2D eigenvalue weighted by atomic mass is 10.1. The summed E-state index contributed by atoms with van der Waals surface area (Å²) >= 11 is 0. The van der Waals surface area contributed by atoms with Crippen LogP contribution in [0.2, 0.25) is 0 Å². The Balaban J connectivity index is 3.30. The molecule has 0 aromatic carbocycles. The first-order valence-corrected chi connectivity index (χ1v) is 3.31. The summed E-state index contributed by atoms with van der Waals surface area (Å²) in [6.07, 6.45) is -5.76. The van der Waals surface area contributed by atoms with E-state index in [-0.39, 0.29) is 0 Å². The fourth-order valence-electron chi connectivity index (χ4n) is 0.794. The number of aromatic amines is 1. The summed E-state index contributed by atoms with van der Waals surface area (Å²) in [5, 5.41) is 1.26. The molecule has 0 aliphatic heterocycles. The van der Waals surface area contributed by atoms with Crippen LogP contribution in [0.4, 0.5) is 22.0 Å². The van der Waals surface area contributed by atoms with Crippen LogP contribution in [0.15, 0.2) is 9.32 Å². The molecule has 0 radical (unpaired) electrons. The van der Waals surface area contributed by atoms with Gasteiger partial charge in [0.15, 0.2) is 0 Å². The van der Waals surface area contributed by atoms with E-state index in [1.807, 2.05) is 0 Å². The summed E-state index contributed by atoms with van der Waals surface area (Å²) in [5.41, 5.74) is -3.59. The third-order valence-corrected chi connectivity index (χ3v) is 1.60. The summed E-state index contributed by atoms with van der Waals surface area (Å²) in [4.78, 5) is 10.5. The number of rotatable bonds is 1. The Morgan fingerprint density at radius 1 is 1.21 bits per heavy atom. The summed E-state index contributed by atoms with van der Waals surface area (Å²) in [6.45, 7) is 0.817. The quantitative estimate of drug-likeness (QED) is 0.730. The van der Waals surface area contributed by atoms with Crippen molar-refractivity contribution in [3.63, 3.8) is 0 Å². The van der Waals surface area contributed by atoms with Crippen molar-refractivity contribution < 1.29 is 26.5 Å². The Labute approximate surface area is 73.5 Å². The molecule has 3 nitrogen and oxygen atoms in total. The number of aromatic nitrogens is 1. The normalized spacial score (nSPS) is 13.3. The van der Waals surface area contributed by atoms with Gasteiger partial charge in [0.1, 0.15) is 5.69 Å². The Morgan fingerprint density at radius 3 is 2.00 bits per heavy atom. The van der Waals surface area contributed by atoms with E-state index in [1.165, 1.54) is 5.16 Å². The molecule has 8 heteroatoms. The molecule has 1 aromatic heterocycles. The van der Waals surface area contributed by atoms with Gasteiger partial charge in [-0.15, -0.1) is 0 Å². The molecule has 0 fully saturated rings. The maximum atomic E-state index is 12.6. The predicted octanol–water partition coefficient (Wildman–Crippen LogP) is 1.93. The number of nitrogens with one attached hydrogen (secondary N) is 1. The fourth-order valence-corrected chi connectivity index (χ4v) is 0.794. The topological polar surface area (TPSA) is 46.0 Å². The standard InChI is InChI=1S/C6H4F5NO2/c1-2-3(12-14-4(2)13)5(7,8)6(9,10)11/h12H,1H3. The van der Waals surface area contributed by atoms with Crippen LogP contribution in [-0.2, 0) is 5.92 Å². The van der Waals surface area contributed by atoms with Crippen molar-refractivity contribution in [3.8, 4) is 0 Å². The fraction of sp³-hybridized carbons (Fsp3) is 0.500. The minimum Gasteiger partial charge on any atom is -0.338 e. The number of halogens is 5. The SMILES string of the molecule is Cc1c(C(F)(F)C(F)(F)F)[nH]oc1=O. The molecule has 1 heterocycles. The zero-order valence-corrected chi connectivity index (χ0v) is 6.71. The van der Waals surface area contributed by atoms with E-state index >= 15 is 0 Å². The van der Waals surface area contributed by atoms with Gasteiger partial charge < -0.3 is 4.52 Å². The molecular formula is C6H4F5NO2. The monoisotopic (exact) mass is 217 g/mol.